The zero-order valence-corrected chi connectivity index (χ0v) is 9.90. The predicted molar refractivity (Wildman–Crippen MR) is 60.8 cm³/mol. The molecule has 84 valence electrons. The molecule has 0 atom stereocenters. The van der Waals surface area contributed by atoms with Gasteiger partial charge in [-0.3, -0.25) is 9.58 Å². The van der Waals surface area contributed by atoms with Crippen molar-refractivity contribution >= 4 is 0 Å². The molecule has 15 heavy (non-hydrogen) atoms. The Bertz CT molecular complexity index is 329. The van der Waals surface area contributed by atoms with Crippen molar-refractivity contribution in [2.24, 2.45) is 0 Å². The molecule has 2 heterocycles. The van der Waals surface area contributed by atoms with E-state index in [-0.39, 0.29) is 0 Å². The predicted octanol–water partition coefficient (Wildman–Crippen LogP) is 0.569. The van der Waals surface area contributed by atoms with Crippen LogP contribution in [0.5, 0.6) is 0 Å². The second kappa shape index (κ2) is 4.33. The second-order valence-corrected chi connectivity index (χ2v) is 4.58. The summed E-state index contributed by atoms with van der Waals surface area (Å²) in [6.07, 6.45) is 0. The summed E-state index contributed by atoms with van der Waals surface area (Å²) in [4.78, 5) is 4.73. The summed E-state index contributed by atoms with van der Waals surface area (Å²) in [6.45, 7) is 7.56. The molecule has 2 rings (SSSR count). The van der Waals surface area contributed by atoms with Crippen LogP contribution in [0.2, 0.25) is 0 Å². The minimum Gasteiger partial charge on any atom is -0.308 e. The Morgan fingerprint density at radius 1 is 1.40 bits per heavy atom. The van der Waals surface area contributed by atoms with Gasteiger partial charge in [0.25, 0.3) is 0 Å². The van der Waals surface area contributed by atoms with Gasteiger partial charge in [0.1, 0.15) is 0 Å². The number of hydrogen-bond acceptors (Lipinski definition) is 3. The number of rotatable bonds is 3. The van der Waals surface area contributed by atoms with E-state index < -0.39 is 0 Å². The molecular formula is C11H20N4. The van der Waals surface area contributed by atoms with Gasteiger partial charge in [0.2, 0.25) is 0 Å². The van der Waals surface area contributed by atoms with Crippen LogP contribution in [-0.4, -0.2) is 53.3 Å². The van der Waals surface area contributed by atoms with Crippen molar-refractivity contribution in [3.05, 3.63) is 17.5 Å². The average molecular weight is 208 g/mol. The number of likely N-dealkylation sites (N-methyl/N-ethyl adjacent to an activating group) is 1. The van der Waals surface area contributed by atoms with E-state index in [1.807, 2.05) is 0 Å². The van der Waals surface area contributed by atoms with Crippen LogP contribution in [0.25, 0.3) is 0 Å². The summed E-state index contributed by atoms with van der Waals surface area (Å²) in [7, 11) is 4.25. The molecule has 0 saturated heterocycles. The van der Waals surface area contributed by atoms with Crippen LogP contribution in [0.3, 0.4) is 0 Å². The van der Waals surface area contributed by atoms with Gasteiger partial charge < -0.3 is 4.90 Å². The first-order chi connectivity index (χ1) is 7.15. The molecule has 0 spiro atoms. The molecule has 1 aromatic heterocycles. The van der Waals surface area contributed by atoms with Crippen LogP contribution >= 0.6 is 0 Å². The highest BCUT2D eigenvalue weighted by atomic mass is 15.3. The molecule has 0 unspecified atom stereocenters. The lowest BCUT2D eigenvalue weighted by Gasteiger charge is -2.28. The number of hydrogen-bond donors (Lipinski definition) is 0. The summed E-state index contributed by atoms with van der Waals surface area (Å²) in [5, 5.41) is 4.46. The van der Waals surface area contributed by atoms with Crippen LogP contribution in [-0.2, 0) is 13.1 Å². The van der Waals surface area contributed by atoms with E-state index in [1.54, 1.807) is 0 Å². The first kappa shape index (κ1) is 10.6. The number of aromatic nitrogens is 2. The molecule has 0 amide bonds. The van der Waals surface area contributed by atoms with Gasteiger partial charge in [-0.2, -0.15) is 5.10 Å². The van der Waals surface area contributed by atoms with Gasteiger partial charge in [-0.15, -0.1) is 0 Å². The number of aryl methyl sites for hydroxylation is 1. The third kappa shape index (κ3) is 2.58. The molecular weight excluding hydrogens is 188 g/mol. The van der Waals surface area contributed by atoms with E-state index in [1.165, 1.54) is 5.69 Å². The maximum Gasteiger partial charge on any atom is 0.0597 e. The van der Waals surface area contributed by atoms with Crippen molar-refractivity contribution in [2.45, 2.75) is 20.0 Å². The molecule has 4 heteroatoms. The zero-order chi connectivity index (χ0) is 10.8. The van der Waals surface area contributed by atoms with Gasteiger partial charge >= 0.3 is 0 Å². The van der Waals surface area contributed by atoms with Crippen molar-refractivity contribution in [3.8, 4) is 0 Å². The normalized spacial score (nSPS) is 17.1. The largest absolute Gasteiger partial charge is 0.308 e. The molecule has 0 fully saturated rings. The average Bonchev–Trinajstić information content (AvgIpc) is 2.53. The fourth-order valence-corrected chi connectivity index (χ4v) is 2.00. The monoisotopic (exact) mass is 208 g/mol. The Morgan fingerprint density at radius 3 is 2.93 bits per heavy atom. The van der Waals surface area contributed by atoms with Gasteiger partial charge in [-0.05, 0) is 27.1 Å². The molecule has 0 aliphatic carbocycles. The Morgan fingerprint density at radius 2 is 2.20 bits per heavy atom. The van der Waals surface area contributed by atoms with Gasteiger partial charge in [0, 0.05) is 26.2 Å². The van der Waals surface area contributed by atoms with Crippen LogP contribution in [0.1, 0.15) is 11.4 Å². The Labute approximate surface area is 91.5 Å². The van der Waals surface area contributed by atoms with Gasteiger partial charge in [0.05, 0.1) is 17.9 Å². The second-order valence-electron chi connectivity index (χ2n) is 4.58. The number of fused-ring (bicyclic) bond motifs is 1. The molecule has 1 aliphatic heterocycles. The molecule has 0 N–H and O–H groups in total. The summed E-state index contributed by atoms with van der Waals surface area (Å²) in [5.41, 5.74) is 2.50. The minimum atomic E-state index is 1.04. The first-order valence-electron chi connectivity index (χ1n) is 5.55. The van der Waals surface area contributed by atoms with Gasteiger partial charge in [-0.25, -0.2) is 0 Å². The Hall–Kier alpha value is -0.870. The molecule has 0 radical (unpaired) electrons. The van der Waals surface area contributed by atoms with Crippen molar-refractivity contribution in [1.29, 1.82) is 0 Å². The van der Waals surface area contributed by atoms with E-state index in [9.17, 15) is 0 Å². The molecule has 0 bridgehead atoms. The van der Waals surface area contributed by atoms with Crippen LogP contribution in [0, 0.1) is 6.92 Å². The van der Waals surface area contributed by atoms with Crippen LogP contribution in [0.15, 0.2) is 6.07 Å². The minimum absolute atomic E-state index is 1.04. The first-order valence-corrected chi connectivity index (χ1v) is 5.55. The third-order valence-electron chi connectivity index (χ3n) is 2.86. The Kier molecular flexibility index (Phi) is 3.07. The standard InChI is InChI=1S/C11H20N4/c1-10-8-11-9-14(5-4-13(2)3)6-7-15(11)12-10/h8H,4-7,9H2,1-3H3. The molecule has 1 aliphatic rings. The number of nitrogens with zero attached hydrogens (tertiary/aromatic N) is 4. The lowest BCUT2D eigenvalue weighted by Crippen LogP contribution is -2.37. The highest BCUT2D eigenvalue weighted by Crippen LogP contribution is 2.12. The van der Waals surface area contributed by atoms with Crippen LogP contribution < -0.4 is 0 Å². The van der Waals surface area contributed by atoms with E-state index >= 15 is 0 Å². The van der Waals surface area contributed by atoms with E-state index in [0.29, 0.717) is 0 Å². The van der Waals surface area contributed by atoms with Crippen molar-refractivity contribution in [2.75, 3.05) is 33.7 Å². The topological polar surface area (TPSA) is 24.3 Å². The van der Waals surface area contributed by atoms with E-state index in [2.05, 4.69) is 46.7 Å². The smallest absolute Gasteiger partial charge is 0.0597 e. The maximum absolute atomic E-state index is 4.46. The van der Waals surface area contributed by atoms with E-state index in [0.717, 1.165) is 38.4 Å². The van der Waals surface area contributed by atoms with Crippen LogP contribution in [0.4, 0.5) is 0 Å². The van der Waals surface area contributed by atoms with Crippen molar-refractivity contribution < 1.29 is 0 Å². The molecule has 1 aromatic rings. The SMILES string of the molecule is Cc1cc2n(n1)CCN(CCN(C)C)C2. The van der Waals surface area contributed by atoms with Crippen molar-refractivity contribution in [3.63, 3.8) is 0 Å². The van der Waals surface area contributed by atoms with Gasteiger partial charge in [-0.1, -0.05) is 0 Å². The fraction of sp³-hybridized carbons (Fsp3) is 0.727. The van der Waals surface area contributed by atoms with E-state index in [4.69, 9.17) is 0 Å². The summed E-state index contributed by atoms with van der Waals surface area (Å²) in [6, 6.07) is 2.20. The van der Waals surface area contributed by atoms with Crippen molar-refractivity contribution in [1.82, 2.24) is 19.6 Å². The van der Waals surface area contributed by atoms with Gasteiger partial charge in [0.15, 0.2) is 0 Å². The Balaban J connectivity index is 1.93. The zero-order valence-electron chi connectivity index (χ0n) is 9.90. The summed E-state index contributed by atoms with van der Waals surface area (Å²) >= 11 is 0. The third-order valence-corrected chi connectivity index (χ3v) is 2.86. The highest BCUT2D eigenvalue weighted by molar-refractivity contribution is 5.10. The summed E-state index contributed by atoms with van der Waals surface area (Å²) in [5.74, 6) is 0. The maximum atomic E-state index is 4.46. The molecule has 4 nitrogen and oxygen atoms in total. The fourth-order valence-electron chi connectivity index (χ4n) is 2.00. The quantitative estimate of drug-likeness (QED) is 0.726. The lowest BCUT2D eigenvalue weighted by atomic mass is 10.3. The highest BCUT2D eigenvalue weighted by Gasteiger charge is 2.16. The lowest BCUT2D eigenvalue weighted by molar-refractivity contribution is 0.193. The molecule has 0 saturated carbocycles. The molecule has 0 aromatic carbocycles. The summed E-state index contributed by atoms with van der Waals surface area (Å²) < 4.78 is 2.14.